The number of carboxylic acid groups (broad SMARTS) is 1. The number of para-hydroxylation sites is 1. The number of fused-ring (bicyclic) bond motifs is 1. The van der Waals surface area contributed by atoms with Gasteiger partial charge in [0.15, 0.2) is 0 Å². The zero-order chi connectivity index (χ0) is 28.3. The molecular weight excluding hydrogens is 511 g/mol. The average molecular weight is 542 g/mol. The summed E-state index contributed by atoms with van der Waals surface area (Å²) in [6.07, 6.45) is 5.28. The fraction of sp³-hybridized carbons (Fsp3) is 0.276. The summed E-state index contributed by atoms with van der Waals surface area (Å²) in [4.78, 5) is 25.5. The summed E-state index contributed by atoms with van der Waals surface area (Å²) >= 11 is 0. The molecule has 10 heteroatoms. The van der Waals surface area contributed by atoms with Crippen molar-refractivity contribution in [3.05, 3.63) is 84.8 Å². The number of carbonyl (C=O) groups excluding carboxylic acids is 1. The number of hydrogen-bond donors (Lipinski definition) is 2. The van der Waals surface area contributed by atoms with Crippen molar-refractivity contribution in [1.29, 1.82) is 0 Å². The smallest absolute Gasteiger partial charge is 0.475 e. The van der Waals surface area contributed by atoms with Gasteiger partial charge in [-0.1, -0.05) is 38.0 Å². The molecule has 4 rings (SSSR count). The van der Waals surface area contributed by atoms with Gasteiger partial charge in [0, 0.05) is 41.9 Å². The van der Waals surface area contributed by atoms with E-state index in [-0.39, 0.29) is 5.91 Å². The molecule has 0 aliphatic heterocycles. The van der Waals surface area contributed by atoms with E-state index in [4.69, 9.17) is 14.6 Å². The third-order valence-electron chi connectivity index (χ3n) is 5.75. The number of aryl methyl sites for hydroxylation is 2. The number of alkyl halides is 3. The van der Waals surface area contributed by atoms with E-state index in [0.717, 1.165) is 18.7 Å². The molecule has 0 atom stereocenters. The van der Waals surface area contributed by atoms with E-state index >= 15 is 0 Å². The number of aliphatic carboxylic acids is 1. The lowest BCUT2D eigenvalue weighted by molar-refractivity contribution is -0.192. The van der Waals surface area contributed by atoms with Crippen molar-refractivity contribution < 1.29 is 32.6 Å². The van der Waals surface area contributed by atoms with Crippen LogP contribution in [-0.2, 0) is 22.6 Å². The first kappa shape index (κ1) is 29.2. The van der Waals surface area contributed by atoms with Crippen molar-refractivity contribution in [2.75, 3.05) is 5.32 Å². The third-order valence-corrected chi connectivity index (χ3v) is 5.75. The van der Waals surface area contributed by atoms with Crippen LogP contribution in [0.5, 0.6) is 11.5 Å². The number of anilines is 1. The first-order valence-corrected chi connectivity index (χ1v) is 12.5. The second-order valence-corrected chi connectivity index (χ2v) is 8.74. The van der Waals surface area contributed by atoms with Crippen LogP contribution in [0, 0.1) is 0 Å². The van der Waals surface area contributed by atoms with E-state index in [1.807, 2.05) is 36.4 Å². The van der Waals surface area contributed by atoms with Gasteiger partial charge in [-0.15, -0.1) is 0 Å². The maximum Gasteiger partial charge on any atom is 0.490 e. The minimum atomic E-state index is -5.08. The molecule has 4 aromatic rings. The number of aromatic nitrogens is 2. The number of ether oxygens (including phenoxy) is 1. The van der Waals surface area contributed by atoms with Crippen molar-refractivity contribution >= 4 is 28.5 Å². The molecule has 2 aromatic heterocycles. The number of rotatable bonds is 10. The van der Waals surface area contributed by atoms with E-state index in [0.29, 0.717) is 17.9 Å². The largest absolute Gasteiger partial charge is 0.490 e. The number of benzene rings is 2. The van der Waals surface area contributed by atoms with Crippen molar-refractivity contribution in [1.82, 2.24) is 9.55 Å². The van der Waals surface area contributed by atoms with E-state index < -0.39 is 12.1 Å². The third kappa shape index (κ3) is 9.17. The number of carbonyl (C=O) groups is 2. The summed E-state index contributed by atoms with van der Waals surface area (Å²) in [5.74, 6) is -1.37. The number of nitrogens with zero attached hydrogens (tertiary/aromatic N) is 2. The first-order chi connectivity index (χ1) is 18.7. The number of unbranched alkanes of at least 4 members (excludes halogenated alkanes) is 2. The molecule has 2 aromatic carbocycles. The zero-order valence-corrected chi connectivity index (χ0v) is 21.4. The van der Waals surface area contributed by atoms with Crippen molar-refractivity contribution in [3.63, 3.8) is 0 Å². The Morgan fingerprint density at radius 1 is 1.00 bits per heavy atom. The fourth-order valence-corrected chi connectivity index (χ4v) is 3.86. The van der Waals surface area contributed by atoms with Crippen LogP contribution in [0.2, 0.25) is 0 Å². The van der Waals surface area contributed by atoms with E-state index in [1.54, 1.807) is 12.4 Å². The van der Waals surface area contributed by atoms with Crippen molar-refractivity contribution in [2.24, 2.45) is 0 Å². The summed E-state index contributed by atoms with van der Waals surface area (Å²) in [5.41, 5.74) is 3.24. The van der Waals surface area contributed by atoms with Crippen LogP contribution >= 0.6 is 0 Å². The van der Waals surface area contributed by atoms with Gasteiger partial charge in [-0.25, -0.2) is 4.79 Å². The van der Waals surface area contributed by atoms with Gasteiger partial charge in [0.2, 0.25) is 5.91 Å². The Balaban J connectivity index is 0.000000532. The summed E-state index contributed by atoms with van der Waals surface area (Å²) in [5, 5.41) is 11.4. The normalized spacial score (nSPS) is 11.0. The Bertz CT molecular complexity index is 1350. The minimum absolute atomic E-state index is 0.00809. The molecule has 0 saturated heterocycles. The molecule has 206 valence electrons. The van der Waals surface area contributed by atoms with Gasteiger partial charge >= 0.3 is 12.1 Å². The Morgan fingerprint density at radius 3 is 2.36 bits per heavy atom. The lowest BCUT2D eigenvalue weighted by Gasteiger charge is -2.08. The molecular formula is C29H30F3N3O4. The standard InChI is InChI=1S/C27H29N3O2.C2HF3O2/c1-2-3-6-18-30-20-21(25-9-4-5-10-26(25)30)11-16-27(31)29-22-12-14-23(15-13-22)32-24-8-7-17-28-19-24;3-2(4,5)1(6)7/h4-5,7-10,12-15,17,19-20H,2-3,6,11,16,18H2,1H3,(H,29,31);(H,6,7). The maximum atomic E-state index is 12.6. The van der Waals surface area contributed by atoms with Crippen LogP contribution in [-0.4, -0.2) is 32.7 Å². The second kappa shape index (κ2) is 14.0. The predicted molar refractivity (Wildman–Crippen MR) is 143 cm³/mol. The van der Waals surface area contributed by atoms with Gasteiger partial charge in [0.1, 0.15) is 11.5 Å². The van der Waals surface area contributed by atoms with Gasteiger partial charge in [-0.2, -0.15) is 13.2 Å². The van der Waals surface area contributed by atoms with E-state index in [1.165, 1.54) is 35.7 Å². The highest BCUT2D eigenvalue weighted by Crippen LogP contribution is 2.25. The van der Waals surface area contributed by atoms with Crippen LogP contribution in [0.3, 0.4) is 0 Å². The summed E-state index contributed by atoms with van der Waals surface area (Å²) in [6.45, 7) is 3.24. The lowest BCUT2D eigenvalue weighted by Crippen LogP contribution is -2.21. The molecule has 0 unspecified atom stereocenters. The number of pyridine rings is 1. The molecule has 0 aliphatic rings. The molecule has 0 spiro atoms. The van der Waals surface area contributed by atoms with Crippen LogP contribution in [0.4, 0.5) is 18.9 Å². The molecule has 2 N–H and O–H groups in total. The van der Waals surface area contributed by atoms with E-state index in [2.05, 4.69) is 52.3 Å². The van der Waals surface area contributed by atoms with Crippen LogP contribution in [0.1, 0.15) is 38.2 Å². The van der Waals surface area contributed by atoms with Gasteiger partial charge < -0.3 is 19.7 Å². The number of amides is 1. The van der Waals surface area contributed by atoms with Gasteiger partial charge in [0.25, 0.3) is 0 Å². The highest BCUT2D eigenvalue weighted by Gasteiger charge is 2.38. The molecule has 0 radical (unpaired) electrons. The SMILES string of the molecule is CCCCCn1cc(CCC(=O)Nc2ccc(Oc3cccnc3)cc2)c2ccccc21.O=C(O)C(F)(F)F. The predicted octanol–water partition coefficient (Wildman–Crippen LogP) is 7.22. The van der Waals surface area contributed by atoms with Crippen molar-refractivity contribution in [3.8, 4) is 11.5 Å². The number of carboxylic acids is 1. The minimum Gasteiger partial charge on any atom is -0.475 e. The number of halogens is 3. The Labute approximate surface area is 224 Å². The van der Waals surface area contributed by atoms with E-state index in [9.17, 15) is 18.0 Å². The molecule has 0 fully saturated rings. The van der Waals surface area contributed by atoms with Crippen LogP contribution in [0.25, 0.3) is 10.9 Å². The first-order valence-electron chi connectivity index (χ1n) is 12.5. The molecule has 39 heavy (non-hydrogen) atoms. The van der Waals surface area contributed by atoms with Gasteiger partial charge in [0.05, 0.1) is 6.20 Å². The molecule has 1 amide bonds. The molecule has 0 aliphatic carbocycles. The van der Waals surface area contributed by atoms with Crippen LogP contribution < -0.4 is 10.1 Å². The van der Waals surface area contributed by atoms with Gasteiger partial charge in [-0.3, -0.25) is 9.78 Å². The monoisotopic (exact) mass is 541 g/mol. The topological polar surface area (TPSA) is 93.5 Å². The molecule has 2 heterocycles. The Hall–Kier alpha value is -4.34. The molecule has 0 saturated carbocycles. The second-order valence-electron chi connectivity index (χ2n) is 8.74. The summed E-state index contributed by atoms with van der Waals surface area (Å²) in [7, 11) is 0. The fourth-order valence-electron chi connectivity index (χ4n) is 3.86. The number of hydrogen-bond acceptors (Lipinski definition) is 4. The highest BCUT2D eigenvalue weighted by atomic mass is 19.4. The van der Waals surface area contributed by atoms with Gasteiger partial charge in [-0.05, 0) is 60.9 Å². The summed E-state index contributed by atoms with van der Waals surface area (Å²) in [6, 6.07) is 19.5. The Morgan fingerprint density at radius 2 is 1.72 bits per heavy atom. The highest BCUT2D eigenvalue weighted by molar-refractivity contribution is 5.91. The number of nitrogens with one attached hydrogen (secondary N) is 1. The zero-order valence-electron chi connectivity index (χ0n) is 21.4. The lowest BCUT2D eigenvalue weighted by atomic mass is 10.1. The Kier molecular flexibility index (Phi) is 10.5. The average Bonchev–Trinajstić information content (AvgIpc) is 3.27. The maximum absolute atomic E-state index is 12.6. The molecule has 7 nitrogen and oxygen atoms in total. The molecule has 0 bridgehead atoms. The van der Waals surface area contributed by atoms with Crippen LogP contribution in [0.15, 0.2) is 79.3 Å². The quantitative estimate of drug-likeness (QED) is 0.207. The van der Waals surface area contributed by atoms with Crippen molar-refractivity contribution in [2.45, 2.75) is 51.7 Å². The summed E-state index contributed by atoms with van der Waals surface area (Å²) < 4.78 is 39.8.